The molecule has 0 spiro atoms. The Labute approximate surface area is 134 Å². The predicted molar refractivity (Wildman–Crippen MR) is 93.4 cm³/mol. The molecule has 2 heterocycles. The van der Waals surface area contributed by atoms with Gasteiger partial charge in [-0.1, -0.05) is 30.3 Å². The SMILES string of the molecule is O=c1cc(N2CCN(c3ccccc3)CC2)c2ccccc2o1. The average Bonchev–Trinajstić information content (AvgIpc) is 2.62. The van der Waals surface area contributed by atoms with Gasteiger partial charge in [0, 0.05) is 43.3 Å². The molecule has 4 rings (SSSR count). The smallest absolute Gasteiger partial charge is 0.338 e. The van der Waals surface area contributed by atoms with Crippen molar-refractivity contribution in [1.82, 2.24) is 0 Å². The maximum atomic E-state index is 11.8. The molecule has 1 aliphatic heterocycles. The standard InChI is InChI=1S/C19H18N2O2/c22-19-14-17(16-8-4-5-9-18(16)23-19)21-12-10-20(11-13-21)15-6-2-1-3-7-15/h1-9,14H,10-13H2. The molecule has 1 saturated heterocycles. The molecule has 0 unspecified atom stereocenters. The number of nitrogens with zero attached hydrogens (tertiary/aromatic N) is 2. The first-order chi connectivity index (χ1) is 11.3. The van der Waals surface area contributed by atoms with Crippen LogP contribution in [-0.2, 0) is 0 Å². The van der Waals surface area contributed by atoms with Gasteiger partial charge in [-0.15, -0.1) is 0 Å². The number of piperazine rings is 1. The van der Waals surface area contributed by atoms with Crippen LogP contribution in [0.3, 0.4) is 0 Å². The quantitative estimate of drug-likeness (QED) is 0.682. The van der Waals surface area contributed by atoms with Gasteiger partial charge >= 0.3 is 5.63 Å². The Morgan fingerprint density at radius 1 is 0.783 bits per heavy atom. The average molecular weight is 306 g/mol. The predicted octanol–water partition coefficient (Wildman–Crippen LogP) is 3.12. The molecule has 0 aliphatic carbocycles. The molecule has 23 heavy (non-hydrogen) atoms. The van der Waals surface area contributed by atoms with Crippen LogP contribution in [0.25, 0.3) is 11.0 Å². The van der Waals surface area contributed by atoms with Crippen LogP contribution < -0.4 is 15.4 Å². The number of anilines is 2. The van der Waals surface area contributed by atoms with E-state index in [0.717, 1.165) is 37.3 Å². The fourth-order valence-electron chi connectivity index (χ4n) is 3.20. The van der Waals surface area contributed by atoms with Gasteiger partial charge in [0.25, 0.3) is 0 Å². The molecular formula is C19H18N2O2. The van der Waals surface area contributed by atoms with Crippen molar-refractivity contribution < 1.29 is 4.42 Å². The second-order valence-corrected chi connectivity index (χ2v) is 5.76. The fourth-order valence-corrected chi connectivity index (χ4v) is 3.20. The van der Waals surface area contributed by atoms with E-state index in [9.17, 15) is 4.79 Å². The van der Waals surface area contributed by atoms with E-state index in [1.165, 1.54) is 5.69 Å². The van der Waals surface area contributed by atoms with E-state index in [1.54, 1.807) is 6.07 Å². The van der Waals surface area contributed by atoms with Crippen LogP contribution in [0, 0.1) is 0 Å². The first kappa shape index (κ1) is 13.9. The molecule has 0 saturated carbocycles. The summed E-state index contributed by atoms with van der Waals surface area (Å²) in [5.41, 5.74) is 2.60. The number of fused-ring (bicyclic) bond motifs is 1. The lowest BCUT2D eigenvalue weighted by Gasteiger charge is -2.37. The van der Waals surface area contributed by atoms with E-state index in [2.05, 4.69) is 34.1 Å². The summed E-state index contributed by atoms with van der Waals surface area (Å²) in [7, 11) is 0. The highest BCUT2D eigenvalue weighted by Gasteiger charge is 2.19. The molecule has 0 radical (unpaired) electrons. The summed E-state index contributed by atoms with van der Waals surface area (Å²) in [6.45, 7) is 3.67. The van der Waals surface area contributed by atoms with E-state index < -0.39 is 0 Å². The third-order valence-corrected chi connectivity index (χ3v) is 4.37. The molecule has 3 aromatic rings. The Morgan fingerprint density at radius 2 is 1.43 bits per heavy atom. The Hall–Kier alpha value is -2.75. The van der Waals surface area contributed by atoms with Crippen molar-refractivity contribution in [1.29, 1.82) is 0 Å². The van der Waals surface area contributed by atoms with Gasteiger partial charge in [-0.05, 0) is 24.3 Å². The molecule has 0 bridgehead atoms. The largest absolute Gasteiger partial charge is 0.423 e. The zero-order chi connectivity index (χ0) is 15.6. The maximum absolute atomic E-state index is 11.8. The van der Waals surface area contributed by atoms with Gasteiger partial charge in [0.1, 0.15) is 5.58 Å². The molecule has 0 N–H and O–H groups in total. The van der Waals surface area contributed by atoms with Crippen LogP contribution in [-0.4, -0.2) is 26.2 Å². The van der Waals surface area contributed by atoms with Crippen LogP contribution >= 0.6 is 0 Å². The Kier molecular flexibility index (Phi) is 3.50. The highest BCUT2D eigenvalue weighted by molar-refractivity contribution is 5.90. The third-order valence-electron chi connectivity index (χ3n) is 4.37. The number of hydrogen-bond donors (Lipinski definition) is 0. The molecular weight excluding hydrogens is 288 g/mol. The zero-order valence-electron chi connectivity index (χ0n) is 12.8. The van der Waals surface area contributed by atoms with Crippen LogP contribution in [0.15, 0.2) is 69.9 Å². The third kappa shape index (κ3) is 2.68. The lowest BCUT2D eigenvalue weighted by atomic mass is 10.1. The monoisotopic (exact) mass is 306 g/mol. The van der Waals surface area contributed by atoms with Crippen LogP contribution in [0.1, 0.15) is 0 Å². The van der Waals surface area contributed by atoms with Crippen LogP contribution in [0.5, 0.6) is 0 Å². The Bertz CT molecular complexity index is 865. The zero-order valence-corrected chi connectivity index (χ0v) is 12.8. The molecule has 1 fully saturated rings. The molecule has 0 amide bonds. The van der Waals surface area contributed by atoms with Crippen molar-refractivity contribution in [3.63, 3.8) is 0 Å². The molecule has 0 atom stereocenters. The molecule has 4 heteroatoms. The summed E-state index contributed by atoms with van der Waals surface area (Å²) in [6.07, 6.45) is 0. The lowest BCUT2D eigenvalue weighted by Crippen LogP contribution is -2.46. The summed E-state index contributed by atoms with van der Waals surface area (Å²) in [5, 5.41) is 1.00. The van der Waals surface area contributed by atoms with Crippen molar-refractivity contribution in [3.8, 4) is 0 Å². The van der Waals surface area contributed by atoms with Gasteiger partial charge in [-0.3, -0.25) is 0 Å². The summed E-state index contributed by atoms with van der Waals surface area (Å²) in [6, 6.07) is 19.8. The number of rotatable bonds is 2. The van der Waals surface area contributed by atoms with Gasteiger partial charge in [0.05, 0.1) is 5.69 Å². The number of benzene rings is 2. The molecule has 116 valence electrons. The second kappa shape index (κ2) is 5.80. The minimum absolute atomic E-state index is 0.288. The van der Waals surface area contributed by atoms with Gasteiger partial charge in [-0.25, -0.2) is 4.79 Å². The van der Waals surface area contributed by atoms with Crippen molar-refractivity contribution in [2.45, 2.75) is 0 Å². The number of para-hydroxylation sites is 2. The Balaban J connectivity index is 1.61. The maximum Gasteiger partial charge on any atom is 0.338 e. The highest BCUT2D eigenvalue weighted by atomic mass is 16.4. The minimum atomic E-state index is -0.288. The molecule has 1 aromatic heterocycles. The van der Waals surface area contributed by atoms with Crippen molar-refractivity contribution >= 4 is 22.3 Å². The van der Waals surface area contributed by atoms with E-state index in [0.29, 0.717) is 5.58 Å². The van der Waals surface area contributed by atoms with Gasteiger partial charge < -0.3 is 14.2 Å². The minimum Gasteiger partial charge on any atom is -0.423 e. The lowest BCUT2D eigenvalue weighted by molar-refractivity contribution is 0.559. The summed E-state index contributed by atoms with van der Waals surface area (Å²) < 4.78 is 5.29. The van der Waals surface area contributed by atoms with Crippen molar-refractivity contribution in [2.75, 3.05) is 36.0 Å². The van der Waals surface area contributed by atoms with E-state index in [4.69, 9.17) is 4.42 Å². The summed E-state index contributed by atoms with van der Waals surface area (Å²) >= 11 is 0. The molecule has 4 nitrogen and oxygen atoms in total. The van der Waals surface area contributed by atoms with Gasteiger partial charge in [0.15, 0.2) is 0 Å². The van der Waals surface area contributed by atoms with Crippen molar-refractivity contribution in [3.05, 3.63) is 71.1 Å². The second-order valence-electron chi connectivity index (χ2n) is 5.76. The van der Waals surface area contributed by atoms with Crippen LogP contribution in [0.2, 0.25) is 0 Å². The fraction of sp³-hybridized carbons (Fsp3) is 0.211. The van der Waals surface area contributed by atoms with Gasteiger partial charge in [0.2, 0.25) is 0 Å². The van der Waals surface area contributed by atoms with E-state index in [1.807, 2.05) is 30.3 Å². The topological polar surface area (TPSA) is 36.7 Å². The summed E-state index contributed by atoms with van der Waals surface area (Å²) in [5.74, 6) is 0. The molecule has 2 aromatic carbocycles. The number of hydrogen-bond acceptors (Lipinski definition) is 4. The van der Waals surface area contributed by atoms with E-state index in [-0.39, 0.29) is 5.63 Å². The van der Waals surface area contributed by atoms with E-state index >= 15 is 0 Å². The Morgan fingerprint density at radius 3 is 2.22 bits per heavy atom. The van der Waals surface area contributed by atoms with Crippen molar-refractivity contribution in [2.24, 2.45) is 0 Å². The van der Waals surface area contributed by atoms with Gasteiger partial charge in [-0.2, -0.15) is 0 Å². The first-order valence-corrected chi connectivity index (χ1v) is 7.89. The first-order valence-electron chi connectivity index (χ1n) is 7.89. The normalized spacial score (nSPS) is 15.1. The van der Waals surface area contributed by atoms with Crippen LogP contribution in [0.4, 0.5) is 11.4 Å². The summed E-state index contributed by atoms with van der Waals surface area (Å²) in [4.78, 5) is 16.5. The molecule has 1 aliphatic rings. The highest BCUT2D eigenvalue weighted by Crippen LogP contribution is 2.26.